The monoisotopic (exact) mass is 554 g/mol. The molecule has 1 aliphatic rings. The quantitative estimate of drug-likeness (QED) is 0.326. The second-order valence-corrected chi connectivity index (χ2v) is 8.87. The van der Waals surface area contributed by atoms with Crippen molar-refractivity contribution in [2.45, 2.75) is 6.42 Å². The maximum Gasteiger partial charge on any atom is 0.335 e. The minimum atomic E-state index is -0.823. The summed E-state index contributed by atoms with van der Waals surface area (Å²) in [6.45, 7) is 0. The largest absolute Gasteiger partial charge is 0.497 e. The van der Waals surface area contributed by atoms with Gasteiger partial charge in [0, 0.05) is 21.5 Å². The van der Waals surface area contributed by atoms with E-state index in [0.29, 0.717) is 34.2 Å². The van der Waals surface area contributed by atoms with Gasteiger partial charge in [0.2, 0.25) is 0 Å². The molecule has 0 aromatic heterocycles. The Morgan fingerprint density at radius 1 is 1.00 bits per heavy atom. The molecule has 1 saturated heterocycles. The molecule has 7 nitrogen and oxygen atoms in total. The number of nitrogens with zero attached hydrogens (tertiary/aromatic N) is 1. The Hall–Kier alpha value is -3.62. The number of benzene rings is 3. The van der Waals surface area contributed by atoms with Gasteiger partial charge in [-0.1, -0.05) is 45.7 Å². The second kappa shape index (κ2) is 10.3. The van der Waals surface area contributed by atoms with Crippen LogP contribution in [-0.2, 0) is 16.0 Å². The lowest BCUT2D eigenvalue weighted by molar-refractivity contribution is -0.122. The molecule has 0 saturated carbocycles. The standard InChI is InChI=1S/C26H20BrClN2O5/c1-34-18-9-7-17(8-10-18)30-25(32)20(24(31)29-26(30)33)11-15-12-21(27)19(23(13-15)35-2)14-16-5-3-4-6-22(16)28/h3-13H,14H2,1-2H3,(H,29,31,33)/b20-11+. The molecule has 0 bridgehead atoms. The Morgan fingerprint density at radius 2 is 1.71 bits per heavy atom. The summed E-state index contributed by atoms with van der Waals surface area (Å²) in [5.41, 5.74) is 2.44. The minimum absolute atomic E-state index is 0.187. The number of imide groups is 2. The molecular weight excluding hydrogens is 536 g/mol. The van der Waals surface area contributed by atoms with Crippen molar-refractivity contribution >= 4 is 57.1 Å². The molecule has 1 fully saturated rings. The van der Waals surface area contributed by atoms with Gasteiger partial charge in [-0.15, -0.1) is 0 Å². The molecule has 0 radical (unpaired) electrons. The number of ether oxygens (including phenoxy) is 2. The van der Waals surface area contributed by atoms with E-state index in [4.69, 9.17) is 21.1 Å². The van der Waals surface area contributed by atoms with E-state index in [1.165, 1.54) is 20.3 Å². The average Bonchev–Trinajstić information content (AvgIpc) is 2.84. The fourth-order valence-corrected chi connectivity index (χ4v) is 4.49. The topological polar surface area (TPSA) is 84.9 Å². The number of halogens is 2. The molecular formula is C26H20BrClN2O5. The molecule has 0 atom stereocenters. The van der Waals surface area contributed by atoms with Gasteiger partial charge in [-0.25, -0.2) is 9.69 Å². The Bertz CT molecular complexity index is 1350. The second-order valence-electron chi connectivity index (χ2n) is 7.61. The van der Waals surface area contributed by atoms with Crippen LogP contribution < -0.4 is 19.7 Å². The van der Waals surface area contributed by atoms with Crippen LogP contribution in [0.4, 0.5) is 10.5 Å². The fourth-order valence-electron chi connectivity index (χ4n) is 3.69. The summed E-state index contributed by atoms with van der Waals surface area (Å²) in [5.74, 6) is -0.392. The molecule has 0 spiro atoms. The van der Waals surface area contributed by atoms with Crippen LogP contribution in [0, 0.1) is 0 Å². The van der Waals surface area contributed by atoms with Crippen LogP contribution in [0.15, 0.2) is 70.7 Å². The molecule has 1 aliphatic heterocycles. The van der Waals surface area contributed by atoms with Gasteiger partial charge in [0.1, 0.15) is 17.1 Å². The number of amides is 4. The van der Waals surface area contributed by atoms with Gasteiger partial charge in [0.05, 0.1) is 19.9 Å². The number of methoxy groups -OCH3 is 2. The van der Waals surface area contributed by atoms with Crippen molar-refractivity contribution in [2.75, 3.05) is 19.1 Å². The highest BCUT2D eigenvalue weighted by Gasteiger charge is 2.36. The highest BCUT2D eigenvalue weighted by atomic mass is 79.9. The van der Waals surface area contributed by atoms with Crippen molar-refractivity contribution in [3.8, 4) is 11.5 Å². The molecule has 178 valence electrons. The summed E-state index contributed by atoms with van der Waals surface area (Å²) in [7, 11) is 3.05. The van der Waals surface area contributed by atoms with Gasteiger partial charge in [-0.2, -0.15) is 0 Å². The number of hydrogen-bond acceptors (Lipinski definition) is 5. The number of anilines is 1. The predicted molar refractivity (Wildman–Crippen MR) is 137 cm³/mol. The number of rotatable bonds is 6. The molecule has 0 aliphatic carbocycles. The zero-order valence-corrected chi connectivity index (χ0v) is 21.1. The number of urea groups is 1. The van der Waals surface area contributed by atoms with E-state index < -0.39 is 17.8 Å². The van der Waals surface area contributed by atoms with Crippen molar-refractivity contribution < 1.29 is 23.9 Å². The average molecular weight is 556 g/mol. The van der Waals surface area contributed by atoms with E-state index in [2.05, 4.69) is 21.2 Å². The summed E-state index contributed by atoms with van der Waals surface area (Å²) >= 11 is 9.89. The minimum Gasteiger partial charge on any atom is -0.497 e. The Balaban J connectivity index is 1.69. The number of barbiturate groups is 1. The Morgan fingerprint density at radius 3 is 2.37 bits per heavy atom. The summed E-state index contributed by atoms with van der Waals surface area (Å²) in [5, 5.41) is 2.86. The van der Waals surface area contributed by atoms with Gasteiger partial charge in [0.25, 0.3) is 11.8 Å². The third-order valence-corrected chi connectivity index (χ3v) is 6.54. The zero-order valence-electron chi connectivity index (χ0n) is 18.8. The first-order chi connectivity index (χ1) is 16.8. The van der Waals surface area contributed by atoms with Crippen LogP contribution in [0.1, 0.15) is 16.7 Å². The van der Waals surface area contributed by atoms with Crippen molar-refractivity contribution in [2.24, 2.45) is 0 Å². The number of hydrogen-bond donors (Lipinski definition) is 1. The van der Waals surface area contributed by atoms with Crippen LogP contribution in [0.2, 0.25) is 5.02 Å². The lowest BCUT2D eigenvalue weighted by Gasteiger charge is -2.26. The molecule has 3 aromatic carbocycles. The highest BCUT2D eigenvalue weighted by molar-refractivity contribution is 9.10. The van der Waals surface area contributed by atoms with E-state index in [9.17, 15) is 14.4 Å². The third kappa shape index (κ3) is 5.08. The zero-order chi connectivity index (χ0) is 25.1. The molecule has 4 amide bonds. The third-order valence-electron chi connectivity index (χ3n) is 5.47. The van der Waals surface area contributed by atoms with Crippen LogP contribution in [-0.4, -0.2) is 32.1 Å². The van der Waals surface area contributed by atoms with Gasteiger partial charge < -0.3 is 9.47 Å². The first-order valence-electron chi connectivity index (χ1n) is 10.5. The van der Waals surface area contributed by atoms with E-state index in [1.807, 2.05) is 24.3 Å². The van der Waals surface area contributed by atoms with Crippen molar-refractivity contribution in [3.05, 3.63) is 92.4 Å². The van der Waals surface area contributed by atoms with Crippen molar-refractivity contribution in [1.29, 1.82) is 0 Å². The van der Waals surface area contributed by atoms with Gasteiger partial charge in [-0.05, 0) is 59.7 Å². The van der Waals surface area contributed by atoms with Crippen LogP contribution in [0.25, 0.3) is 6.08 Å². The molecule has 1 N–H and O–H groups in total. The predicted octanol–water partition coefficient (Wildman–Crippen LogP) is 5.38. The van der Waals surface area contributed by atoms with Gasteiger partial charge >= 0.3 is 6.03 Å². The van der Waals surface area contributed by atoms with Crippen molar-refractivity contribution in [3.63, 3.8) is 0 Å². The lowest BCUT2D eigenvalue weighted by atomic mass is 10.0. The summed E-state index contributed by atoms with van der Waals surface area (Å²) < 4.78 is 11.4. The van der Waals surface area contributed by atoms with E-state index in [1.54, 1.807) is 36.4 Å². The Labute approximate surface area is 215 Å². The first-order valence-corrected chi connectivity index (χ1v) is 11.6. The van der Waals surface area contributed by atoms with E-state index >= 15 is 0 Å². The SMILES string of the molecule is COc1ccc(N2C(=O)NC(=O)/C(=C\c3cc(Br)c(Cc4ccccc4Cl)c(OC)c3)C2=O)cc1. The fraction of sp³-hybridized carbons (Fsp3) is 0.115. The van der Waals surface area contributed by atoms with Crippen LogP contribution in [0.5, 0.6) is 11.5 Å². The maximum absolute atomic E-state index is 13.2. The molecule has 35 heavy (non-hydrogen) atoms. The molecule has 9 heteroatoms. The first kappa shape index (κ1) is 24.5. The summed E-state index contributed by atoms with van der Waals surface area (Å²) in [4.78, 5) is 39.1. The van der Waals surface area contributed by atoms with Crippen molar-refractivity contribution in [1.82, 2.24) is 5.32 Å². The van der Waals surface area contributed by atoms with Crippen LogP contribution >= 0.6 is 27.5 Å². The highest BCUT2D eigenvalue weighted by Crippen LogP contribution is 2.34. The molecule has 0 unspecified atom stereocenters. The van der Waals surface area contributed by atoms with Gasteiger partial charge in [-0.3, -0.25) is 14.9 Å². The smallest absolute Gasteiger partial charge is 0.335 e. The number of nitrogens with one attached hydrogen (secondary N) is 1. The van der Waals surface area contributed by atoms with Gasteiger partial charge in [0.15, 0.2) is 0 Å². The Kier molecular flexibility index (Phi) is 7.23. The summed E-state index contributed by atoms with van der Waals surface area (Å²) in [6, 6.07) is 16.6. The normalized spacial score (nSPS) is 14.8. The molecule has 1 heterocycles. The van der Waals surface area contributed by atoms with E-state index in [-0.39, 0.29) is 5.57 Å². The summed E-state index contributed by atoms with van der Waals surface area (Å²) in [6.07, 6.45) is 1.94. The van der Waals surface area contributed by atoms with Crippen LogP contribution in [0.3, 0.4) is 0 Å². The number of carbonyl (C=O) groups excluding carboxylic acids is 3. The molecule has 3 aromatic rings. The number of carbonyl (C=O) groups is 3. The lowest BCUT2D eigenvalue weighted by Crippen LogP contribution is -2.54. The maximum atomic E-state index is 13.2. The molecule has 4 rings (SSSR count). The van der Waals surface area contributed by atoms with E-state index in [0.717, 1.165) is 20.5 Å².